The zero-order valence-corrected chi connectivity index (χ0v) is 17.1. The average molecular weight is 379 g/mol. The Morgan fingerprint density at radius 2 is 2.04 bits per heavy atom. The van der Waals surface area contributed by atoms with Gasteiger partial charge < -0.3 is 19.3 Å². The van der Waals surface area contributed by atoms with Gasteiger partial charge in [0.05, 0.1) is 11.9 Å². The first-order valence-electron chi connectivity index (χ1n) is 10.5. The van der Waals surface area contributed by atoms with E-state index in [2.05, 4.69) is 26.8 Å². The van der Waals surface area contributed by atoms with Gasteiger partial charge in [0, 0.05) is 24.9 Å². The van der Waals surface area contributed by atoms with E-state index < -0.39 is 0 Å². The molecule has 0 radical (unpaired) electrons. The van der Waals surface area contributed by atoms with Crippen LogP contribution in [0.15, 0.2) is 12.3 Å². The summed E-state index contributed by atoms with van der Waals surface area (Å²) < 4.78 is 18.4. The molecule has 5 heteroatoms. The van der Waals surface area contributed by atoms with E-state index in [-0.39, 0.29) is 52.5 Å². The maximum Gasteiger partial charge on any atom is 0.302 e. The van der Waals surface area contributed by atoms with E-state index in [4.69, 9.17) is 14.2 Å². The molecule has 27 heavy (non-hydrogen) atoms. The second-order valence-electron chi connectivity index (χ2n) is 10.0. The number of ether oxygens (including phenoxy) is 3. The maximum atomic E-state index is 11.9. The van der Waals surface area contributed by atoms with E-state index in [9.17, 15) is 9.90 Å². The van der Waals surface area contributed by atoms with Crippen LogP contribution in [-0.2, 0) is 19.0 Å². The van der Waals surface area contributed by atoms with E-state index in [1.165, 1.54) is 6.92 Å². The van der Waals surface area contributed by atoms with Gasteiger partial charge in [-0.05, 0) is 49.5 Å². The summed E-state index contributed by atoms with van der Waals surface area (Å²) in [5, 5.41) is 10.3. The normalized spacial score (nSPS) is 51.4. The number of esters is 1. The van der Waals surface area contributed by atoms with E-state index in [0.717, 1.165) is 38.5 Å². The molecular weight excluding hydrogens is 344 g/mol. The van der Waals surface area contributed by atoms with Crippen molar-refractivity contribution in [2.45, 2.75) is 83.5 Å². The molecule has 0 bridgehead atoms. The van der Waals surface area contributed by atoms with Crippen LogP contribution in [0.25, 0.3) is 0 Å². The molecule has 7 atom stereocenters. The molecular formula is C22H34O5. The fourth-order valence-corrected chi connectivity index (χ4v) is 7.26. The predicted octanol–water partition coefficient (Wildman–Crippen LogP) is 3.59. The molecule has 0 aromatic rings. The van der Waals surface area contributed by atoms with Crippen LogP contribution in [0.1, 0.15) is 66.2 Å². The monoisotopic (exact) mass is 378 g/mol. The highest BCUT2D eigenvalue weighted by molar-refractivity contribution is 5.66. The summed E-state index contributed by atoms with van der Waals surface area (Å²) in [5.41, 5.74) is -1.01. The van der Waals surface area contributed by atoms with Crippen molar-refractivity contribution < 1.29 is 24.1 Å². The Labute approximate surface area is 162 Å². The van der Waals surface area contributed by atoms with Crippen molar-refractivity contribution in [1.82, 2.24) is 0 Å². The highest BCUT2D eigenvalue weighted by Gasteiger charge is 2.70. The molecule has 5 nitrogen and oxygen atoms in total. The fourth-order valence-electron chi connectivity index (χ4n) is 7.26. The zero-order chi connectivity index (χ0) is 19.5. The topological polar surface area (TPSA) is 65.0 Å². The lowest BCUT2D eigenvalue weighted by Crippen LogP contribution is -2.68. The molecule has 4 rings (SSSR count). The Morgan fingerprint density at radius 3 is 2.67 bits per heavy atom. The molecule has 2 heterocycles. The van der Waals surface area contributed by atoms with Crippen LogP contribution >= 0.6 is 0 Å². The molecule has 2 aliphatic heterocycles. The molecule has 2 saturated carbocycles. The summed E-state index contributed by atoms with van der Waals surface area (Å²) in [4.78, 5) is 11.9. The van der Waals surface area contributed by atoms with Gasteiger partial charge in [-0.1, -0.05) is 27.2 Å². The standard InChI is InChI=1S/C22H34O5/c1-15-12-17(26-16(2)24)18-19(3,13-23)6-5-7-20(18,4)22(15)9-8-21(27-22)10-11-25-14-21/h10-11,15,17-18,23H,5-9,12-14H2,1-4H3. The summed E-state index contributed by atoms with van der Waals surface area (Å²) in [6.45, 7) is 8.94. The largest absolute Gasteiger partial charge is 0.498 e. The van der Waals surface area contributed by atoms with Crippen molar-refractivity contribution in [2.75, 3.05) is 13.2 Å². The number of rotatable bonds is 2. The number of fused-ring (bicyclic) bond motifs is 2. The first-order chi connectivity index (χ1) is 12.7. The lowest BCUT2D eigenvalue weighted by molar-refractivity contribution is -0.273. The number of hydrogen-bond donors (Lipinski definition) is 1. The van der Waals surface area contributed by atoms with Crippen LogP contribution in [0.5, 0.6) is 0 Å². The smallest absolute Gasteiger partial charge is 0.302 e. The first kappa shape index (κ1) is 19.3. The minimum absolute atomic E-state index is 0.0882. The van der Waals surface area contributed by atoms with E-state index in [1.54, 1.807) is 6.26 Å². The molecule has 2 spiro atoms. The Kier molecular flexibility index (Phi) is 4.43. The Morgan fingerprint density at radius 1 is 1.26 bits per heavy atom. The lowest BCUT2D eigenvalue weighted by atomic mass is 9.43. The van der Waals surface area contributed by atoms with Crippen molar-refractivity contribution >= 4 is 5.97 Å². The highest BCUT2D eigenvalue weighted by atomic mass is 16.6. The second-order valence-corrected chi connectivity index (χ2v) is 10.0. The van der Waals surface area contributed by atoms with Crippen LogP contribution in [0, 0.1) is 22.7 Å². The summed E-state index contributed by atoms with van der Waals surface area (Å²) in [6.07, 6.45) is 9.49. The Hall–Kier alpha value is -1.07. The molecule has 1 saturated heterocycles. The van der Waals surface area contributed by atoms with Crippen molar-refractivity contribution in [3.63, 3.8) is 0 Å². The lowest BCUT2D eigenvalue weighted by Gasteiger charge is -2.65. The van der Waals surface area contributed by atoms with Crippen LogP contribution in [0.2, 0.25) is 0 Å². The molecule has 0 amide bonds. The van der Waals surface area contributed by atoms with Gasteiger partial charge in [-0.2, -0.15) is 0 Å². The molecule has 0 aromatic carbocycles. The van der Waals surface area contributed by atoms with Crippen LogP contribution in [0.3, 0.4) is 0 Å². The Balaban J connectivity index is 1.78. The minimum Gasteiger partial charge on any atom is -0.498 e. The minimum atomic E-state index is -0.316. The third-order valence-electron chi connectivity index (χ3n) is 8.38. The van der Waals surface area contributed by atoms with Gasteiger partial charge in [-0.15, -0.1) is 0 Å². The summed E-state index contributed by atoms with van der Waals surface area (Å²) >= 11 is 0. The zero-order valence-electron chi connectivity index (χ0n) is 17.1. The number of aliphatic hydroxyl groups excluding tert-OH is 1. The van der Waals surface area contributed by atoms with Crippen LogP contribution < -0.4 is 0 Å². The third kappa shape index (κ3) is 2.61. The molecule has 152 valence electrons. The maximum absolute atomic E-state index is 11.9. The number of carbonyl (C=O) groups is 1. The molecule has 3 fully saturated rings. The van der Waals surface area contributed by atoms with Gasteiger partial charge in [-0.25, -0.2) is 0 Å². The van der Waals surface area contributed by atoms with Crippen molar-refractivity contribution in [3.05, 3.63) is 12.3 Å². The number of carbonyl (C=O) groups excluding carboxylic acids is 1. The number of aliphatic hydroxyl groups is 1. The number of hydrogen-bond acceptors (Lipinski definition) is 5. The van der Waals surface area contributed by atoms with Gasteiger partial charge in [0.15, 0.2) is 0 Å². The molecule has 7 unspecified atom stereocenters. The fraction of sp³-hybridized carbons (Fsp3) is 0.864. The average Bonchev–Trinajstić information content (AvgIpc) is 3.21. The first-order valence-corrected chi connectivity index (χ1v) is 10.5. The van der Waals surface area contributed by atoms with Crippen molar-refractivity contribution in [1.29, 1.82) is 0 Å². The van der Waals surface area contributed by atoms with Gasteiger partial charge in [0.2, 0.25) is 0 Å². The van der Waals surface area contributed by atoms with Gasteiger partial charge >= 0.3 is 5.97 Å². The second kappa shape index (κ2) is 6.21. The van der Waals surface area contributed by atoms with E-state index in [1.807, 2.05) is 0 Å². The summed E-state index contributed by atoms with van der Waals surface area (Å²) in [7, 11) is 0. The molecule has 1 N–H and O–H groups in total. The van der Waals surface area contributed by atoms with Crippen LogP contribution in [-0.4, -0.2) is 41.6 Å². The summed E-state index contributed by atoms with van der Waals surface area (Å²) in [6, 6.07) is 0. The Bertz CT molecular complexity index is 647. The predicted molar refractivity (Wildman–Crippen MR) is 101 cm³/mol. The SMILES string of the molecule is CC(=O)OC1CC(C)C2(CCC3(C=COC3)O2)C2(C)CCCC(C)(CO)C12. The molecule has 2 aliphatic carbocycles. The van der Waals surface area contributed by atoms with E-state index in [0.29, 0.717) is 6.61 Å². The quantitative estimate of drug-likeness (QED) is 0.744. The van der Waals surface area contributed by atoms with Crippen LogP contribution in [0.4, 0.5) is 0 Å². The molecule has 4 aliphatic rings. The van der Waals surface area contributed by atoms with Crippen molar-refractivity contribution in [3.8, 4) is 0 Å². The molecule has 0 aromatic heterocycles. The highest BCUT2D eigenvalue weighted by Crippen LogP contribution is 2.68. The van der Waals surface area contributed by atoms with E-state index >= 15 is 0 Å². The summed E-state index contributed by atoms with van der Waals surface area (Å²) in [5.74, 6) is 0.134. The third-order valence-corrected chi connectivity index (χ3v) is 8.38. The van der Waals surface area contributed by atoms with Gasteiger partial charge in [0.1, 0.15) is 18.3 Å². The van der Waals surface area contributed by atoms with Gasteiger partial charge in [0.25, 0.3) is 0 Å². The van der Waals surface area contributed by atoms with Crippen molar-refractivity contribution in [2.24, 2.45) is 22.7 Å². The van der Waals surface area contributed by atoms with Gasteiger partial charge in [-0.3, -0.25) is 4.79 Å².